The number of hydrogen-bond acceptors (Lipinski definition) is 5. The molecule has 0 fully saturated rings. The van der Waals surface area contributed by atoms with Gasteiger partial charge < -0.3 is 14.6 Å². The topological polar surface area (TPSA) is 95.5 Å². The molecule has 2 aromatic rings. The molecule has 0 amide bonds. The van der Waals surface area contributed by atoms with Crippen LogP contribution in [0.3, 0.4) is 0 Å². The van der Waals surface area contributed by atoms with E-state index >= 15 is 0 Å². The van der Waals surface area contributed by atoms with Crippen molar-refractivity contribution in [3.8, 4) is 11.5 Å². The average molecular weight is 397 g/mol. The first-order valence-electron chi connectivity index (χ1n) is 7.94. The summed E-state index contributed by atoms with van der Waals surface area (Å²) in [6.45, 7) is 3.59. The second-order valence-corrected chi connectivity index (χ2v) is 8.25. The molecule has 0 bridgehead atoms. The van der Waals surface area contributed by atoms with Gasteiger partial charge in [-0.3, -0.25) is 0 Å². The maximum absolute atomic E-state index is 12.4. The van der Waals surface area contributed by atoms with Crippen LogP contribution in [0.25, 0.3) is 0 Å². The lowest BCUT2D eigenvalue weighted by Crippen LogP contribution is -2.48. The lowest BCUT2D eigenvalue weighted by atomic mass is 10.1. The summed E-state index contributed by atoms with van der Waals surface area (Å²) in [6, 6.07) is 11.2. The van der Waals surface area contributed by atoms with Crippen molar-refractivity contribution in [2.45, 2.75) is 31.2 Å². The van der Waals surface area contributed by atoms with Crippen molar-refractivity contribution in [3.05, 3.63) is 53.6 Å². The fourth-order valence-electron chi connectivity index (χ4n) is 2.26. The van der Waals surface area contributed by atoms with E-state index in [0.29, 0.717) is 16.5 Å². The van der Waals surface area contributed by atoms with Crippen LogP contribution in [0.1, 0.15) is 20.3 Å². The van der Waals surface area contributed by atoms with Crippen LogP contribution in [-0.2, 0) is 14.8 Å². The summed E-state index contributed by atoms with van der Waals surface area (Å²) in [5.74, 6) is -0.625. The number of rotatable bonds is 8. The number of carboxylic acids is 1. The van der Waals surface area contributed by atoms with Gasteiger partial charge in [0.1, 0.15) is 11.5 Å². The first-order chi connectivity index (χ1) is 12.2. The summed E-state index contributed by atoms with van der Waals surface area (Å²) in [5.41, 5.74) is 0. The fraction of sp³-hybridized carbons (Fsp3) is 0.278. The number of nitrogens with one attached hydrogen (secondary N) is 1. The van der Waals surface area contributed by atoms with Gasteiger partial charge in [0, 0.05) is 0 Å². The van der Waals surface area contributed by atoms with Gasteiger partial charge >= 0.3 is 0 Å². The van der Waals surface area contributed by atoms with E-state index < -0.39 is 22.0 Å². The molecular weight excluding hydrogens is 378 g/mol. The minimum absolute atomic E-state index is 0.00741. The van der Waals surface area contributed by atoms with Crippen LogP contribution in [0.2, 0.25) is 5.02 Å². The molecule has 140 valence electrons. The zero-order valence-electron chi connectivity index (χ0n) is 14.3. The van der Waals surface area contributed by atoms with E-state index in [1.54, 1.807) is 38.1 Å². The standard InChI is InChI=1S/C18H20ClNO5S/c1-12(2)11-16(18(21)22)20-26(23,24)14-9-7-13(8-10-14)25-17-6-4-3-5-15(17)19/h3-10,12,16,20H,11H2,1-2H3,(H,21,22)/p-1/t16-/m1/s1. The highest BCUT2D eigenvalue weighted by Gasteiger charge is 2.22. The molecule has 0 spiro atoms. The third-order valence-electron chi connectivity index (χ3n) is 3.49. The molecule has 26 heavy (non-hydrogen) atoms. The van der Waals surface area contributed by atoms with Crippen LogP contribution in [0, 0.1) is 5.92 Å². The Morgan fingerprint density at radius 2 is 1.77 bits per heavy atom. The minimum Gasteiger partial charge on any atom is -0.548 e. The van der Waals surface area contributed by atoms with E-state index in [2.05, 4.69) is 4.72 Å². The fourth-order valence-corrected chi connectivity index (χ4v) is 3.63. The molecule has 2 aromatic carbocycles. The van der Waals surface area contributed by atoms with E-state index in [0.717, 1.165) is 0 Å². The van der Waals surface area contributed by atoms with Gasteiger partial charge in [-0.05, 0) is 48.7 Å². The number of ether oxygens (including phenoxy) is 1. The smallest absolute Gasteiger partial charge is 0.241 e. The molecule has 0 unspecified atom stereocenters. The lowest BCUT2D eigenvalue weighted by Gasteiger charge is -2.21. The van der Waals surface area contributed by atoms with Crippen molar-refractivity contribution in [3.63, 3.8) is 0 Å². The molecule has 0 saturated heterocycles. The summed E-state index contributed by atoms with van der Waals surface area (Å²) in [6.07, 6.45) is 0.134. The Kier molecular flexibility index (Phi) is 6.63. The second kappa shape index (κ2) is 8.53. The highest BCUT2D eigenvalue weighted by molar-refractivity contribution is 7.89. The normalized spacial score (nSPS) is 12.8. The Morgan fingerprint density at radius 1 is 1.15 bits per heavy atom. The number of carbonyl (C=O) groups is 1. The van der Waals surface area contributed by atoms with Crippen LogP contribution >= 0.6 is 11.6 Å². The van der Waals surface area contributed by atoms with Gasteiger partial charge in [0.25, 0.3) is 0 Å². The summed E-state index contributed by atoms with van der Waals surface area (Å²) < 4.78 is 32.5. The number of carbonyl (C=O) groups excluding carboxylic acids is 1. The third-order valence-corrected chi connectivity index (χ3v) is 5.29. The highest BCUT2D eigenvalue weighted by atomic mass is 35.5. The molecule has 1 atom stereocenters. The van der Waals surface area contributed by atoms with Gasteiger partial charge in [0.05, 0.1) is 21.9 Å². The molecule has 0 heterocycles. The van der Waals surface area contributed by atoms with Gasteiger partial charge in [-0.15, -0.1) is 0 Å². The quantitative estimate of drug-likeness (QED) is 0.739. The van der Waals surface area contributed by atoms with Crippen molar-refractivity contribution in [2.75, 3.05) is 0 Å². The van der Waals surface area contributed by atoms with E-state index in [9.17, 15) is 18.3 Å². The molecular formula is C18H19ClNO5S-. The van der Waals surface area contributed by atoms with Crippen LogP contribution in [-0.4, -0.2) is 20.4 Å². The van der Waals surface area contributed by atoms with Crippen LogP contribution < -0.4 is 14.6 Å². The number of halogens is 1. The lowest BCUT2D eigenvalue weighted by molar-refractivity contribution is -0.308. The van der Waals surface area contributed by atoms with E-state index in [4.69, 9.17) is 16.3 Å². The van der Waals surface area contributed by atoms with Crippen molar-refractivity contribution in [1.29, 1.82) is 0 Å². The Morgan fingerprint density at radius 3 is 2.31 bits per heavy atom. The monoisotopic (exact) mass is 396 g/mol. The van der Waals surface area contributed by atoms with Crippen molar-refractivity contribution in [1.82, 2.24) is 4.72 Å². The number of para-hydroxylation sites is 1. The molecule has 0 radical (unpaired) electrons. The van der Waals surface area contributed by atoms with Crippen LogP contribution in [0.4, 0.5) is 0 Å². The number of carboxylic acid groups (broad SMARTS) is 1. The first kappa shape index (κ1) is 20.2. The average Bonchev–Trinajstić information content (AvgIpc) is 2.56. The SMILES string of the molecule is CC(C)C[C@@H](NS(=O)(=O)c1ccc(Oc2ccccc2Cl)cc1)C(=O)[O-]. The van der Waals surface area contributed by atoms with Crippen molar-refractivity contribution in [2.24, 2.45) is 5.92 Å². The summed E-state index contributed by atoms with van der Waals surface area (Å²) >= 11 is 6.01. The molecule has 0 aromatic heterocycles. The predicted octanol–water partition coefficient (Wildman–Crippen LogP) is 2.58. The van der Waals surface area contributed by atoms with Gasteiger partial charge in [-0.2, -0.15) is 0 Å². The van der Waals surface area contributed by atoms with Crippen LogP contribution in [0.15, 0.2) is 53.4 Å². The Hall–Kier alpha value is -2.09. The van der Waals surface area contributed by atoms with E-state index in [1.807, 2.05) is 0 Å². The van der Waals surface area contributed by atoms with Crippen LogP contribution in [0.5, 0.6) is 11.5 Å². The molecule has 0 aliphatic heterocycles. The number of aliphatic carboxylic acids is 1. The van der Waals surface area contributed by atoms with Gasteiger partial charge in [-0.25, -0.2) is 13.1 Å². The number of hydrogen-bond donors (Lipinski definition) is 1. The maximum atomic E-state index is 12.4. The Bertz CT molecular complexity index is 865. The predicted molar refractivity (Wildman–Crippen MR) is 96.5 cm³/mol. The number of sulfonamides is 1. The molecule has 0 aliphatic carbocycles. The summed E-state index contributed by atoms with van der Waals surface area (Å²) in [7, 11) is -4.00. The van der Waals surface area contributed by atoms with Crippen molar-refractivity contribution < 1.29 is 23.1 Å². The molecule has 0 saturated carbocycles. The molecule has 8 heteroatoms. The van der Waals surface area contributed by atoms with E-state index in [1.165, 1.54) is 24.3 Å². The maximum Gasteiger partial charge on any atom is 0.241 e. The van der Waals surface area contributed by atoms with Gasteiger partial charge in [-0.1, -0.05) is 37.6 Å². The third kappa shape index (κ3) is 5.45. The van der Waals surface area contributed by atoms with Gasteiger partial charge in [0.15, 0.2) is 0 Å². The summed E-state index contributed by atoms with van der Waals surface area (Å²) in [4.78, 5) is 11.1. The highest BCUT2D eigenvalue weighted by Crippen LogP contribution is 2.29. The Labute approximate surface area is 157 Å². The second-order valence-electron chi connectivity index (χ2n) is 6.13. The number of benzene rings is 2. The van der Waals surface area contributed by atoms with Crippen molar-refractivity contribution >= 4 is 27.6 Å². The molecule has 0 aliphatic rings. The molecule has 1 N–H and O–H groups in total. The Balaban J connectivity index is 2.15. The zero-order valence-corrected chi connectivity index (χ0v) is 15.9. The van der Waals surface area contributed by atoms with Gasteiger partial charge in [0.2, 0.25) is 10.0 Å². The zero-order chi connectivity index (χ0) is 19.3. The first-order valence-corrected chi connectivity index (χ1v) is 9.81. The molecule has 2 rings (SSSR count). The van der Waals surface area contributed by atoms with E-state index in [-0.39, 0.29) is 17.2 Å². The minimum atomic E-state index is -4.00. The molecule has 6 nitrogen and oxygen atoms in total. The largest absolute Gasteiger partial charge is 0.548 e. The summed E-state index contributed by atoms with van der Waals surface area (Å²) in [5, 5.41) is 11.6.